The molecule has 1 fully saturated rings. The Hall–Kier alpha value is -0.260. The molecule has 10 heavy (non-hydrogen) atoms. The number of hydrogen-bond acceptors (Lipinski definition) is 0. The quantitative estimate of drug-likeness (QED) is 0.514. The predicted octanol–water partition coefficient (Wildman–Crippen LogP) is 3.24. The third-order valence-corrected chi connectivity index (χ3v) is 3.32. The lowest BCUT2D eigenvalue weighted by molar-refractivity contribution is 0.00949. The molecule has 1 rings (SSSR count). The molecule has 0 amide bonds. The maximum absolute atomic E-state index is 3.85. The largest absolute Gasteiger partial charge is 0.103 e. The predicted molar refractivity (Wildman–Crippen MR) is 45.9 cm³/mol. The Morgan fingerprint density at radius 1 is 1.60 bits per heavy atom. The lowest BCUT2D eigenvalue weighted by atomic mass is 9.54. The van der Waals surface area contributed by atoms with Crippen LogP contribution in [0.3, 0.4) is 0 Å². The third kappa shape index (κ3) is 0.902. The normalized spacial score (nSPS) is 36.7. The molecule has 2 atom stereocenters. The van der Waals surface area contributed by atoms with Crippen LogP contribution in [0.15, 0.2) is 12.7 Å². The highest BCUT2D eigenvalue weighted by Crippen LogP contribution is 2.53. The van der Waals surface area contributed by atoms with Gasteiger partial charge in [0.25, 0.3) is 0 Å². The first-order valence-electron chi connectivity index (χ1n) is 4.25. The first kappa shape index (κ1) is 7.84. The molecule has 1 saturated carbocycles. The van der Waals surface area contributed by atoms with Crippen molar-refractivity contribution in [1.82, 2.24) is 0 Å². The van der Waals surface area contributed by atoms with Crippen molar-refractivity contribution in [3.05, 3.63) is 12.7 Å². The highest BCUT2D eigenvalue weighted by atomic mass is 14.5. The summed E-state index contributed by atoms with van der Waals surface area (Å²) in [4.78, 5) is 0. The van der Waals surface area contributed by atoms with E-state index in [1.165, 1.54) is 12.8 Å². The van der Waals surface area contributed by atoms with E-state index < -0.39 is 0 Å². The molecule has 0 saturated heterocycles. The summed E-state index contributed by atoms with van der Waals surface area (Å²) in [5, 5.41) is 0. The Morgan fingerprint density at radius 3 is 2.50 bits per heavy atom. The van der Waals surface area contributed by atoms with Crippen LogP contribution in [0, 0.1) is 17.3 Å². The van der Waals surface area contributed by atoms with E-state index in [1.807, 2.05) is 0 Å². The maximum atomic E-state index is 3.85. The molecule has 0 aromatic carbocycles. The molecule has 0 nitrogen and oxygen atoms in total. The lowest BCUT2D eigenvalue weighted by Crippen LogP contribution is -2.43. The molecule has 0 spiro atoms. The summed E-state index contributed by atoms with van der Waals surface area (Å²) >= 11 is 0. The molecular weight excluding hydrogens is 120 g/mol. The van der Waals surface area contributed by atoms with Gasteiger partial charge < -0.3 is 0 Å². The highest BCUT2D eigenvalue weighted by Gasteiger charge is 2.44. The van der Waals surface area contributed by atoms with Crippen LogP contribution in [-0.2, 0) is 0 Å². The number of rotatable bonds is 2. The molecule has 1 aliphatic carbocycles. The van der Waals surface area contributed by atoms with Gasteiger partial charge in [-0.25, -0.2) is 0 Å². The van der Waals surface area contributed by atoms with Crippen LogP contribution in [0.2, 0.25) is 0 Å². The summed E-state index contributed by atoms with van der Waals surface area (Å²) in [7, 11) is 0. The Morgan fingerprint density at radius 2 is 2.20 bits per heavy atom. The Balaban J connectivity index is 2.55. The van der Waals surface area contributed by atoms with Crippen molar-refractivity contribution in [3.63, 3.8) is 0 Å². The fraction of sp³-hybridized carbons (Fsp3) is 0.800. The van der Waals surface area contributed by atoms with Gasteiger partial charge in [0, 0.05) is 0 Å². The molecular formula is C10H18. The minimum absolute atomic E-state index is 0.538. The summed E-state index contributed by atoms with van der Waals surface area (Å²) in [6, 6.07) is 0. The van der Waals surface area contributed by atoms with E-state index >= 15 is 0 Å². The van der Waals surface area contributed by atoms with Gasteiger partial charge >= 0.3 is 0 Å². The van der Waals surface area contributed by atoms with E-state index in [4.69, 9.17) is 0 Å². The second-order valence-corrected chi connectivity index (χ2v) is 4.00. The van der Waals surface area contributed by atoms with Gasteiger partial charge in [0.15, 0.2) is 0 Å². The smallest absolute Gasteiger partial charge is 0.0179 e. The zero-order valence-corrected chi connectivity index (χ0v) is 7.35. The van der Waals surface area contributed by atoms with E-state index in [2.05, 4.69) is 33.4 Å². The Bertz CT molecular complexity index is 133. The molecule has 0 bridgehead atoms. The van der Waals surface area contributed by atoms with Gasteiger partial charge in [-0.1, -0.05) is 33.3 Å². The monoisotopic (exact) mass is 138 g/mol. The van der Waals surface area contributed by atoms with Crippen molar-refractivity contribution >= 4 is 0 Å². The van der Waals surface area contributed by atoms with Crippen molar-refractivity contribution in [3.8, 4) is 0 Å². The second kappa shape index (κ2) is 2.41. The van der Waals surface area contributed by atoms with E-state index in [9.17, 15) is 0 Å². The molecule has 0 aromatic heterocycles. The van der Waals surface area contributed by atoms with Gasteiger partial charge in [0.05, 0.1) is 0 Å². The topological polar surface area (TPSA) is 0 Å². The van der Waals surface area contributed by atoms with Crippen LogP contribution in [0.5, 0.6) is 0 Å². The SMILES string of the molecule is C=C[C@@H]1C[C@H](CC)C1(C)C. The summed E-state index contributed by atoms with van der Waals surface area (Å²) in [6.07, 6.45) is 4.82. The van der Waals surface area contributed by atoms with Gasteiger partial charge in [-0.15, -0.1) is 6.58 Å². The summed E-state index contributed by atoms with van der Waals surface area (Å²) in [5.74, 6) is 1.72. The van der Waals surface area contributed by atoms with E-state index in [1.54, 1.807) is 0 Å². The van der Waals surface area contributed by atoms with Crippen LogP contribution in [-0.4, -0.2) is 0 Å². The zero-order chi connectivity index (χ0) is 7.78. The highest BCUT2D eigenvalue weighted by molar-refractivity contribution is 5.03. The lowest BCUT2D eigenvalue weighted by Gasteiger charge is -2.51. The number of allylic oxidation sites excluding steroid dienone is 1. The van der Waals surface area contributed by atoms with Crippen molar-refractivity contribution in [2.45, 2.75) is 33.6 Å². The molecule has 0 N–H and O–H groups in total. The minimum Gasteiger partial charge on any atom is -0.103 e. The average molecular weight is 138 g/mol. The fourth-order valence-electron chi connectivity index (χ4n) is 2.15. The van der Waals surface area contributed by atoms with Crippen molar-refractivity contribution < 1.29 is 0 Å². The molecule has 0 aromatic rings. The van der Waals surface area contributed by atoms with E-state index in [-0.39, 0.29) is 0 Å². The van der Waals surface area contributed by atoms with E-state index in [0.717, 1.165) is 11.8 Å². The van der Waals surface area contributed by atoms with Gasteiger partial charge in [-0.2, -0.15) is 0 Å². The van der Waals surface area contributed by atoms with Crippen LogP contribution in [0.25, 0.3) is 0 Å². The first-order valence-corrected chi connectivity index (χ1v) is 4.25. The summed E-state index contributed by atoms with van der Waals surface area (Å²) in [6.45, 7) is 10.8. The fourth-order valence-corrected chi connectivity index (χ4v) is 2.15. The van der Waals surface area contributed by atoms with Crippen LogP contribution in [0.1, 0.15) is 33.6 Å². The average Bonchev–Trinajstić information content (AvgIpc) is 1.88. The Labute approximate surface area is 64.3 Å². The molecule has 58 valence electrons. The van der Waals surface area contributed by atoms with E-state index in [0.29, 0.717) is 5.41 Å². The van der Waals surface area contributed by atoms with Gasteiger partial charge in [0.2, 0.25) is 0 Å². The van der Waals surface area contributed by atoms with Gasteiger partial charge in [-0.3, -0.25) is 0 Å². The molecule has 0 heteroatoms. The molecule has 1 aliphatic rings. The molecule has 0 aliphatic heterocycles. The molecule has 0 radical (unpaired) electrons. The summed E-state index contributed by atoms with van der Waals surface area (Å²) in [5.41, 5.74) is 0.538. The first-order chi connectivity index (χ1) is 4.62. The number of hydrogen-bond donors (Lipinski definition) is 0. The second-order valence-electron chi connectivity index (χ2n) is 4.00. The maximum Gasteiger partial charge on any atom is -0.0179 e. The minimum atomic E-state index is 0.538. The zero-order valence-electron chi connectivity index (χ0n) is 7.35. The molecule has 0 heterocycles. The van der Waals surface area contributed by atoms with Crippen LogP contribution >= 0.6 is 0 Å². The van der Waals surface area contributed by atoms with Crippen molar-refractivity contribution in [2.24, 2.45) is 17.3 Å². The third-order valence-electron chi connectivity index (χ3n) is 3.32. The van der Waals surface area contributed by atoms with Crippen molar-refractivity contribution in [1.29, 1.82) is 0 Å². The van der Waals surface area contributed by atoms with Crippen LogP contribution < -0.4 is 0 Å². The Kier molecular flexibility index (Phi) is 1.89. The molecule has 0 unspecified atom stereocenters. The summed E-state index contributed by atoms with van der Waals surface area (Å²) < 4.78 is 0. The van der Waals surface area contributed by atoms with Gasteiger partial charge in [-0.05, 0) is 23.7 Å². The van der Waals surface area contributed by atoms with Crippen molar-refractivity contribution in [2.75, 3.05) is 0 Å². The standard InChI is InChI=1S/C10H18/c1-5-8-7-9(6-2)10(8,3)4/h5,8-9H,1,6-7H2,2-4H3/t8-,9+/m1/s1. The van der Waals surface area contributed by atoms with Crippen LogP contribution in [0.4, 0.5) is 0 Å². The van der Waals surface area contributed by atoms with Gasteiger partial charge in [0.1, 0.15) is 0 Å².